The maximum atomic E-state index is 12.7. The van der Waals surface area contributed by atoms with Gasteiger partial charge in [0.2, 0.25) is 5.91 Å². The Morgan fingerprint density at radius 1 is 1.11 bits per heavy atom. The summed E-state index contributed by atoms with van der Waals surface area (Å²) in [7, 11) is 2.19. The van der Waals surface area contributed by atoms with E-state index in [1.807, 2.05) is 42.5 Å². The molecule has 3 aromatic rings. The molecule has 5 nitrogen and oxygen atoms in total. The Hall–Kier alpha value is -2.66. The molecule has 1 heterocycles. The zero-order valence-corrected chi connectivity index (χ0v) is 16.4. The second-order valence-electron chi connectivity index (χ2n) is 7.71. The predicted molar refractivity (Wildman–Crippen MR) is 111 cm³/mol. The third kappa shape index (κ3) is 4.25. The van der Waals surface area contributed by atoms with E-state index in [-0.39, 0.29) is 12.3 Å². The molecule has 1 fully saturated rings. The van der Waals surface area contributed by atoms with Gasteiger partial charge in [0, 0.05) is 23.7 Å². The molecule has 0 unspecified atom stereocenters. The van der Waals surface area contributed by atoms with Gasteiger partial charge in [0.25, 0.3) is 0 Å². The molecule has 0 bridgehead atoms. The summed E-state index contributed by atoms with van der Waals surface area (Å²) in [4.78, 5) is 15.1. The van der Waals surface area contributed by atoms with Crippen molar-refractivity contribution in [2.45, 2.75) is 51.1 Å². The number of para-hydroxylation sites is 2. The first kappa shape index (κ1) is 18.7. The van der Waals surface area contributed by atoms with Crippen molar-refractivity contribution < 1.29 is 9.32 Å². The molecule has 1 aliphatic rings. The molecule has 28 heavy (non-hydrogen) atoms. The predicted octanol–water partition coefficient (Wildman–Crippen LogP) is 4.77. The maximum Gasteiger partial charge on any atom is 0.230 e. The molecule has 0 spiro atoms. The highest BCUT2D eigenvalue weighted by Gasteiger charge is 2.19. The Morgan fingerprint density at radius 3 is 2.71 bits per heavy atom. The van der Waals surface area contributed by atoms with Gasteiger partial charge in [0.05, 0.1) is 6.42 Å². The Kier molecular flexibility index (Phi) is 5.72. The van der Waals surface area contributed by atoms with Crippen LogP contribution < -0.4 is 5.32 Å². The van der Waals surface area contributed by atoms with Crippen molar-refractivity contribution in [3.05, 3.63) is 59.8 Å². The van der Waals surface area contributed by atoms with E-state index in [0.29, 0.717) is 17.3 Å². The average molecular weight is 377 g/mol. The first-order valence-corrected chi connectivity index (χ1v) is 10.1. The number of amides is 1. The van der Waals surface area contributed by atoms with Crippen molar-refractivity contribution >= 4 is 22.6 Å². The number of nitrogens with one attached hydrogen (secondary N) is 1. The molecule has 5 heteroatoms. The lowest BCUT2D eigenvalue weighted by molar-refractivity contribution is -0.115. The fourth-order valence-corrected chi connectivity index (χ4v) is 4.11. The van der Waals surface area contributed by atoms with Crippen LogP contribution in [0.4, 0.5) is 5.69 Å². The highest BCUT2D eigenvalue weighted by molar-refractivity contribution is 5.95. The molecule has 1 aromatic heterocycles. The number of fused-ring (bicyclic) bond motifs is 1. The summed E-state index contributed by atoms with van der Waals surface area (Å²) in [6.07, 6.45) is 6.73. The van der Waals surface area contributed by atoms with Crippen molar-refractivity contribution in [1.82, 2.24) is 10.1 Å². The van der Waals surface area contributed by atoms with E-state index < -0.39 is 0 Å². The first-order chi connectivity index (χ1) is 13.7. The lowest BCUT2D eigenvalue weighted by Crippen LogP contribution is -2.33. The zero-order valence-electron chi connectivity index (χ0n) is 16.4. The summed E-state index contributed by atoms with van der Waals surface area (Å²) in [5, 5.41) is 8.03. The quantitative estimate of drug-likeness (QED) is 0.672. The summed E-state index contributed by atoms with van der Waals surface area (Å²) in [5.41, 5.74) is 3.40. The normalized spacial score (nSPS) is 15.2. The van der Waals surface area contributed by atoms with Crippen LogP contribution >= 0.6 is 0 Å². The number of nitrogens with zero attached hydrogens (tertiary/aromatic N) is 2. The van der Waals surface area contributed by atoms with Crippen molar-refractivity contribution in [3.8, 4) is 0 Å². The first-order valence-electron chi connectivity index (χ1n) is 10.1. The third-order valence-electron chi connectivity index (χ3n) is 5.69. The minimum absolute atomic E-state index is 0.0770. The van der Waals surface area contributed by atoms with E-state index in [9.17, 15) is 4.79 Å². The van der Waals surface area contributed by atoms with Gasteiger partial charge in [-0.25, -0.2) is 0 Å². The number of carbonyl (C=O) groups excluding carboxylic acids is 1. The molecule has 0 radical (unpaired) electrons. The number of carbonyl (C=O) groups is 1. The highest BCUT2D eigenvalue weighted by Crippen LogP contribution is 2.25. The Labute approximate surface area is 165 Å². The summed E-state index contributed by atoms with van der Waals surface area (Å²) in [6, 6.07) is 16.3. The van der Waals surface area contributed by atoms with Gasteiger partial charge in [-0.2, -0.15) is 0 Å². The van der Waals surface area contributed by atoms with Gasteiger partial charge < -0.3 is 9.84 Å². The molecule has 0 saturated heterocycles. The fraction of sp³-hybridized carbons (Fsp3) is 0.391. The summed E-state index contributed by atoms with van der Waals surface area (Å²) >= 11 is 0. The molecule has 2 aromatic carbocycles. The van der Waals surface area contributed by atoms with Crippen molar-refractivity contribution in [3.63, 3.8) is 0 Å². The topological polar surface area (TPSA) is 58.4 Å². The van der Waals surface area contributed by atoms with Crippen LogP contribution in [0.2, 0.25) is 0 Å². The van der Waals surface area contributed by atoms with Crippen molar-refractivity contribution in [2.24, 2.45) is 0 Å². The SMILES string of the molecule is CN(Cc1ccccc1NC(=O)Cc1noc2ccccc12)C1CCCCC1. The Bertz CT molecular complexity index is 944. The number of anilines is 1. The largest absolute Gasteiger partial charge is 0.356 e. The highest BCUT2D eigenvalue weighted by atomic mass is 16.5. The monoisotopic (exact) mass is 377 g/mol. The maximum absolute atomic E-state index is 12.7. The van der Waals surface area contributed by atoms with E-state index in [0.717, 1.165) is 23.2 Å². The molecule has 146 valence electrons. The molecular weight excluding hydrogens is 350 g/mol. The van der Waals surface area contributed by atoms with Gasteiger partial charge in [-0.05, 0) is 43.7 Å². The van der Waals surface area contributed by atoms with Gasteiger partial charge in [-0.15, -0.1) is 0 Å². The molecule has 0 atom stereocenters. The lowest BCUT2D eigenvalue weighted by atomic mass is 9.94. The molecule has 4 rings (SSSR count). The van der Waals surface area contributed by atoms with Gasteiger partial charge in [-0.1, -0.05) is 54.8 Å². The number of hydrogen-bond donors (Lipinski definition) is 1. The van der Waals surface area contributed by atoms with Gasteiger partial charge in [0.15, 0.2) is 5.58 Å². The average Bonchev–Trinajstić information content (AvgIpc) is 3.13. The van der Waals surface area contributed by atoms with Gasteiger partial charge >= 0.3 is 0 Å². The molecule has 0 aliphatic heterocycles. The number of benzene rings is 2. The van der Waals surface area contributed by atoms with E-state index in [1.165, 1.54) is 32.1 Å². The van der Waals surface area contributed by atoms with E-state index in [4.69, 9.17) is 4.52 Å². The van der Waals surface area contributed by atoms with Crippen LogP contribution in [0.15, 0.2) is 53.1 Å². The number of rotatable bonds is 6. The number of aromatic nitrogens is 1. The van der Waals surface area contributed by atoms with Crippen LogP contribution in [0.5, 0.6) is 0 Å². The van der Waals surface area contributed by atoms with Crippen LogP contribution in [0.3, 0.4) is 0 Å². The van der Waals surface area contributed by atoms with Crippen LogP contribution in [0.1, 0.15) is 43.4 Å². The van der Waals surface area contributed by atoms with Crippen molar-refractivity contribution in [1.29, 1.82) is 0 Å². The summed E-state index contributed by atoms with van der Waals surface area (Å²) < 4.78 is 5.31. The fourth-order valence-electron chi connectivity index (χ4n) is 4.11. The molecule has 1 N–H and O–H groups in total. The van der Waals surface area contributed by atoms with Gasteiger partial charge in [0.1, 0.15) is 5.69 Å². The zero-order chi connectivity index (χ0) is 19.3. The minimum Gasteiger partial charge on any atom is -0.356 e. The van der Waals surface area contributed by atoms with Crippen LogP contribution in [-0.2, 0) is 17.8 Å². The van der Waals surface area contributed by atoms with Crippen LogP contribution in [0.25, 0.3) is 11.0 Å². The second kappa shape index (κ2) is 8.57. The van der Waals surface area contributed by atoms with Crippen molar-refractivity contribution in [2.75, 3.05) is 12.4 Å². The standard InChI is InChI=1S/C23H27N3O2/c1-26(18-10-3-2-4-11-18)16-17-9-5-7-13-20(17)24-23(27)15-21-19-12-6-8-14-22(19)28-25-21/h5-9,12-14,18H,2-4,10-11,15-16H2,1H3,(H,24,27). The molecule has 1 saturated carbocycles. The third-order valence-corrected chi connectivity index (χ3v) is 5.69. The minimum atomic E-state index is -0.0770. The Balaban J connectivity index is 1.43. The molecular formula is C23H27N3O2. The van der Waals surface area contributed by atoms with E-state index >= 15 is 0 Å². The summed E-state index contributed by atoms with van der Waals surface area (Å²) in [5.74, 6) is -0.0770. The van der Waals surface area contributed by atoms with Crippen LogP contribution in [0, 0.1) is 0 Å². The number of hydrogen-bond acceptors (Lipinski definition) is 4. The molecule has 1 amide bonds. The summed E-state index contributed by atoms with van der Waals surface area (Å²) in [6.45, 7) is 0.841. The molecule has 1 aliphatic carbocycles. The van der Waals surface area contributed by atoms with Gasteiger partial charge in [-0.3, -0.25) is 9.69 Å². The van der Waals surface area contributed by atoms with E-state index in [2.05, 4.69) is 28.5 Å². The van der Waals surface area contributed by atoms with Crippen LogP contribution in [-0.4, -0.2) is 29.1 Å². The smallest absolute Gasteiger partial charge is 0.230 e. The second-order valence-corrected chi connectivity index (χ2v) is 7.71. The lowest BCUT2D eigenvalue weighted by Gasteiger charge is -2.31. The van der Waals surface area contributed by atoms with E-state index in [1.54, 1.807) is 0 Å². The Morgan fingerprint density at radius 2 is 1.86 bits per heavy atom.